The molecule has 0 aromatic heterocycles. The molecule has 0 bridgehead atoms. The number of nitrogens with one attached hydrogen (secondary N) is 1. The van der Waals surface area contributed by atoms with Crippen molar-refractivity contribution in [2.24, 2.45) is 0 Å². The van der Waals surface area contributed by atoms with Crippen LogP contribution in [0.3, 0.4) is 0 Å². The lowest BCUT2D eigenvalue weighted by atomic mass is 10.1. The van der Waals surface area contributed by atoms with E-state index in [0.717, 1.165) is 19.4 Å². The molecule has 18 heavy (non-hydrogen) atoms. The highest BCUT2D eigenvalue weighted by Gasteiger charge is 2.19. The molecule has 2 rings (SSSR count). The first-order valence-electron chi connectivity index (χ1n) is 6.34. The number of benzene rings is 1. The van der Waals surface area contributed by atoms with Gasteiger partial charge in [0.05, 0.1) is 6.54 Å². The van der Waals surface area contributed by atoms with E-state index in [0.29, 0.717) is 13.0 Å². The number of hydrogen-bond donors (Lipinski definition) is 1. The first kappa shape index (κ1) is 12.6. The Hall–Kier alpha value is -1.84. The topological polar surface area (TPSA) is 49.4 Å². The third kappa shape index (κ3) is 3.58. The van der Waals surface area contributed by atoms with Crippen molar-refractivity contribution in [3.8, 4) is 0 Å². The number of aryl methyl sites for hydroxylation is 1. The van der Waals surface area contributed by atoms with Crippen LogP contribution in [0.15, 0.2) is 30.3 Å². The summed E-state index contributed by atoms with van der Waals surface area (Å²) < 4.78 is 0. The highest BCUT2D eigenvalue weighted by molar-refractivity contribution is 5.87. The Labute approximate surface area is 107 Å². The summed E-state index contributed by atoms with van der Waals surface area (Å²) in [7, 11) is 0. The minimum Gasteiger partial charge on any atom is -0.347 e. The smallest absolute Gasteiger partial charge is 0.241 e. The van der Waals surface area contributed by atoms with Gasteiger partial charge in [0.1, 0.15) is 0 Å². The molecule has 4 heteroatoms. The molecule has 96 valence electrons. The zero-order valence-corrected chi connectivity index (χ0v) is 10.4. The van der Waals surface area contributed by atoms with E-state index in [1.807, 2.05) is 18.2 Å². The number of carbonyl (C=O) groups excluding carboxylic acids is 2. The van der Waals surface area contributed by atoms with E-state index < -0.39 is 0 Å². The summed E-state index contributed by atoms with van der Waals surface area (Å²) in [5.41, 5.74) is 1.29. The minimum absolute atomic E-state index is 0.0221. The van der Waals surface area contributed by atoms with Gasteiger partial charge in [0.2, 0.25) is 11.8 Å². The van der Waals surface area contributed by atoms with Crippen LogP contribution in [0, 0.1) is 0 Å². The number of amides is 2. The Balaban J connectivity index is 1.79. The van der Waals surface area contributed by atoms with Crippen molar-refractivity contribution in [1.82, 2.24) is 10.2 Å². The van der Waals surface area contributed by atoms with Crippen molar-refractivity contribution >= 4 is 11.8 Å². The van der Waals surface area contributed by atoms with Crippen LogP contribution in [0.4, 0.5) is 0 Å². The van der Waals surface area contributed by atoms with Crippen LogP contribution in [0.1, 0.15) is 18.4 Å². The molecular formula is C14H18N2O2. The second-order valence-electron chi connectivity index (χ2n) is 4.50. The lowest BCUT2D eigenvalue weighted by molar-refractivity contribution is -0.130. The lowest BCUT2D eigenvalue weighted by Crippen LogP contribution is -2.36. The van der Waals surface area contributed by atoms with Crippen LogP contribution in [0.5, 0.6) is 0 Å². The molecular weight excluding hydrogens is 228 g/mol. The fourth-order valence-corrected chi connectivity index (χ4v) is 2.09. The molecule has 0 saturated carbocycles. The molecule has 0 spiro atoms. The van der Waals surface area contributed by atoms with Gasteiger partial charge in [-0.05, 0) is 18.4 Å². The van der Waals surface area contributed by atoms with Crippen molar-refractivity contribution in [3.05, 3.63) is 35.9 Å². The normalized spacial score (nSPS) is 16.3. The molecule has 1 heterocycles. The van der Waals surface area contributed by atoms with E-state index in [1.165, 1.54) is 5.56 Å². The number of rotatable bonds is 4. The van der Waals surface area contributed by atoms with E-state index in [-0.39, 0.29) is 18.4 Å². The second kappa shape index (κ2) is 6.19. The van der Waals surface area contributed by atoms with Gasteiger partial charge in [0.15, 0.2) is 0 Å². The fourth-order valence-electron chi connectivity index (χ4n) is 2.09. The summed E-state index contributed by atoms with van der Waals surface area (Å²) in [6.07, 6.45) is 2.31. The largest absolute Gasteiger partial charge is 0.347 e. The van der Waals surface area contributed by atoms with Gasteiger partial charge in [-0.1, -0.05) is 30.3 Å². The zero-order valence-electron chi connectivity index (χ0n) is 10.4. The van der Waals surface area contributed by atoms with Gasteiger partial charge in [-0.25, -0.2) is 0 Å². The third-order valence-corrected chi connectivity index (χ3v) is 3.13. The van der Waals surface area contributed by atoms with Crippen molar-refractivity contribution in [2.45, 2.75) is 19.3 Å². The second-order valence-corrected chi connectivity index (χ2v) is 4.50. The van der Waals surface area contributed by atoms with Gasteiger partial charge in [-0.15, -0.1) is 0 Å². The summed E-state index contributed by atoms with van der Waals surface area (Å²) in [6, 6.07) is 10.2. The summed E-state index contributed by atoms with van der Waals surface area (Å²) in [5, 5.41) is 2.60. The highest BCUT2D eigenvalue weighted by atomic mass is 16.2. The fraction of sp³-hybridized carbons (Fsp3) is 0.429. The highest BCUT2D eigenvalue weighted by Crippen LogP contribution is 2.05. The Morgan fingerprint density at radius 2 is 1.94 bits per heavy atom. The Morgan fingerprint density at radius 1 is 1.17 bits per heavy atom. The van der Waals surface area contributed by atoms with Crippen molar-refractivity contribution in [3.63, 3.8) is 0 Å². The third-order valence-electron chi connectivity index (χ3n) is 3.13. The zero-order chi connectivity index (χ0) is 12.8. The van der Waals surface area contributed by atoms with E-state index in [4.69, 9.17) is 0 Å². The van der Waals surface area contributed by atoms with Crippen molar-refractivity contribution in [1.29, 1.82) is 0 Å². The maximum absolute atomic E-state index is 11.7. The van der Waals surface area contributed by atoms with Gasteiger partial charge in [-0.2, -0.15) is 0 Å². The minimum atomic E-state index is -0.0334. The number of hydrogen-bond acceptors (Lipinski definition) is 2. The standard InChI is InChI=1S/C14H18N2O2/c17-13-8-10-16(14(18)11-15-13)9-4-7-12-5-2-1-3-6-12/h1-3,5-6H,4,7-11H2,(H,15,17). The van der Waals surface area contributed by atoms with Gasteiger partial charge < -0.3 is 10.2 Å². The van der Waals surface area contributed by atoms with E-state index >= 15 is 0 Å². The maximum atomic E-state index is 11.7. The van der Waals surface area contributed by atoms with Gasteiger partial charge in [-0.3, -0.25) is 9.59 Å². The van der Waals surface area contributed by atoms with Crippen LogP contribution < -0.4 is 5.32 Å². The predicted octanol–water partition coefficient (Wildman–Crippen LogP) is 0.968. The molecule has 1 saturated heterocycles. The molecule has 0 unspecified atom stereocenters. The average Bonchev–Trinajstić information content (AvgIpc) is 2.55. The van der Waals surface area contributed by atoms with E-state index in [9.17, 15) is 9.59 Å². The lowest BCUT2D eigenvalue weighted by Gasteiger charge is -2.19. The van der Waals surface area contributed by atoms with E-state index in [2.05, 4.69) is 17.4 Å². The van der Waals surface area contributed by atoms with Crippen LogP contribution in [0.25, 0.3) is 0 Å². The molecule has 0 aliphatic carbocycles. The average molecular weight is 246 g/mol. The SMILES string of the molecule is O=C1CCN(CCCc2ccccc2)C(=O)CN1. The van der Waals surface area contributed by atoms with Crippen LogP contribution in [-0.4, -0.2) is 36.3 Å². The Kier molecular flexibility index (Phi) is 4.34. The molecule has 0 radical (unpaired) electrons. The molecule has 1 aromatic carbocycles. The predicted molar refractivity (Wildman–Crippen MR) is 69.0 cm³/mol. The molecule has 0 atom stereocenters. The summed E-state index contributed by atoms with van der Waals surface area (Å²) in [4.78, 5) is 24.7. The summed E-state index contributed by atoms with van der Waals surface area (Å²) in [5.74, 6) is -0.0113. The monoisotopic (exact) mass is 246 g/mol. The van der Waals surface area contributed by atoms with Crippen LogP contribution >= 0.6 is 0 Å². The summed E-state index contributed by atoms with van der Waals surface area (Å²) >= 11 is 0. The molecule has 1 N–H and O–H groups in total. The van der Waals surface area contributed by atoms with Gasteiger partial charge >= 0.3 is 0 Å². The first-order valence-corrected chi connectivity index (χ1v) is 6.34. The number of carbonyl (C=O) groups is 2. The molecule has 1 aromatic rings. The molecule has 1 aliphatic rings. The van der Waals surface area contributed by atoms with Gasteiger partial charge in [0.25, 0.3) is 0 Å². The molecule has 2 amide bonds. The molecule has 1 fully saturated rings. The van der Waals surface area contributed by atoms with Crippen LogP contribution in [-0.2, 0) is 16.0 Å². The van der Waals surface area contributed by atoms with Gasteiger partial charge in [0, 0.05) is 19.5 Å². The number of nitrogens with zero attached hydrogens (tertiary/aromatic N) is 1. The van der Waals surface area contributed by atoms with Crippen LogP contribution in [0.2, 0.25) is 0 Å². The molecule has 4 nitrogen and oxygen atoms in total. The van der Waals surface area contributed by atoms with Crippen molar-refractivity contribution in [2.75, 3.05) is 19.6 Å². The quantitative estimate of drug-likeness (QED) is 0.860. The Bertz CT molecular complexity index is 417. The van der Waals surface area contributed by atoms with Crippen molar-refractivity contribution < 1.29 is 9.59 Å². The summed E-state index contributed by atoms with van der Waals surface area (Å²) in [6.45, 7) is 1.41. The Morgan fingerprint density at radius 3 is 2.72 bits per heavy atom. The van der Waals surface area contributed by atoms with E-state index in [1.54, 1.807) is 4.90 Å². The maximum Gasteiger partial charge on any atom is 0.241 e. The first-order chi connectivity index (χ1) is 8.75. The molecule has 1 aliphatic heterocycles.